The molecule has 5 rings (SSSR count). The Bertz CT molecular complexity index is 1280. The lowest BCUT2D eigenvalue weighted by atomic mass is 10.2. The summed E-state index contributed by atoms with van der Waals surface area (Å²) < 4.78 is 1.95. The maximum absolute atomic E-state index is 11.7. The van der Waals surface area contributed by atoms with E-state index in [1.54, 1.807) is 6.20 Å². The summed E-state index contributed by atoms with van der Waals surface area (Å²) in [4.78, 5) is 27.8. The number of carbonyl (C=O) groups excluding carboxylic acids is 1. The van der Waals surface area contributed by atoms with Crippen molar-refractivity contribution in [1.29, 1.82) is 0 Å². The standard InChI is InChI=1S/C23H23N7O2/c24-21-17(2-1-10-26-21)22-27-18-7-8-19(29-12-9-20(32)25-11-13-29)28-23(18)30(22)16-5-3-15(14-31)4-6-16/h1-8,10,31H,9,11-14H2,(H2,24,26)(H,25,32). The highest BCUT2D eigenvalue weighted by molar-refractivity contribution is 5.84. The van der Waals surface area contributed by atoms with Gasteiger partial charge >= 0.3 is 0 Å². The number of anilines is 2. The van der Waals surface area contributed by atoms with E-state index >= 15 is 0 Å². The second kappa shape index (κ2) is 8.27. The summed E-state index contributed by atoms with van der Waals surface area (Å²) in [5, 5.41) is 12.3. The fraction of sp³-hybridized carbons (Fsp3) is 0.217. The Labute approximate surface area is 184 Å². The summed E-state index contributed by atoms with van der Waals surface area (Å²) in [6.45, 7) is 1.84. The van der Waals surface area contributed by atoms with Crippen molar-refractivity contribution in [2.75, 3.05) is 30.3 Å². The van der Waals surface area contributed by atoms with Gasteiger partial charge in [0.2, 0.25) is 5.91 Å². The van der Waals surface area contributed by atoms with Gasteiger partial charge in [-0.15, -0.1) is 0 Å². The van der Waals surface area contributed by atoms with Gasteiger partial charge in [-0.2, -0.15) is 0 Å². The number of nitrogens with zero attached hydrogens (tertiary/aromatic N) is 5. The minimum Gasteiger partial charge on any atom is -0.392 e. The van der Waals surface area contributed by atoms with E-state index in [0.717, 1.165) is 22.6 Å². The number of pyridine rings is 2. The molecular formula is C23H23N7O2. The number of imidazole rings is 1. The molecule has 1 aliphatic heterocycles. The fourth-order valence-electron chi connectivity index (χ4n) is 3.90. The van der Waals surface area contributed by atoms with E-state index in [2.05, 4.69) is 15.2 Å². The van der Waals surface area contributed by atoms with Crippen LogP contribution < -0.4 is 16.0 Å². The van der Waals surface area contributed by atoms with Crippen LogP contribution in [0.5, 0.6) is 0 Å². The van der Waals surface area contributed by atoms with Crippen molar-refractivity contribution in [1.82, 2.24) is 24.8 Å². The first-order chi connectivity index (χ1) is 15.6. The number of nitrogen functional groups attached to an aromatic ring is 1. The number of benzene rings is 1. The third-order valence-corrected chi connectivity index (χ3v) is 5.58. The van der Waals surface area contributed by atoms with Crippen LogP contribution in [-0.4, -0.2) is 50.2 Å². The number of carbonyl (C=O) groups is 1. The molecule has 4 N–H and O–H groups in total. The van der Waals surface area contributed by atoms with Gasteiger partial charge in [-0.05, 0) is 42.0 Å². The van der Waals surface area contributed by atoms with Crippen LogP contribution in [0.4, 0.5) is 11.6 Å². The molecule has 1 saturated heterocycles. The molecule has 162 valence electrons. The first-order valence-corrected chi connectivity index (χ1v) is 10.5. The zero-order valence-corrected chi connectivity index (χ0v) is 17.4. The second-order valence-electron chi connectivity index (χ2n) is 7.63. The van der Waals surface area contributed by atoms with Gasteiger partial charge in [-0.1, -0.05) is 12.1 Å². The number of rotatable bonds is 4. The van der Waals surface area contributed by atoms with Gasteiger partial charge in [0.15, 0.2) is 11.5 Å². The summed E-state index contributed by atoms with van der Waals surface area (Å²) >= 11 is 0. The van der Waals surface area contributed by atoms with Gasteiger partial charge in [-0.25, -0.2) is 15.0 Å². The highest BCUT2D eigenvalue weighted by Crippen LogP contribution is 2.31. The third-order valence-electron chi connectivity index (χ3n) is 5.58. The zero-order valence-electron chi connectivity index (χ0n) is 17.4. The number of nitrogens with two attached hydrogens (primary N) is 1. The number of hydrogen-bond acceptors (Lipinski definition) is 7. The Morgan fingerprint density at radius 1 is 1.06 bits per heavy atom. The number of aliphatic hydroxyl groups excluding tert-OH is 1. The van der Waals surface area contributed by atoms with Crippen LogP contribution in [0, 0.1) is 0 Å². The van der Waals surface area contributed by atoms with Crippen molar-refractivity contribution in [3.05, 3.63) is 60.3 Å². The van der Waals surface area contributed by atoms with Gasteiger partial charge < -0.3 is 21.1 Å². The molecular weight excluding hydrogens is 406 g/mol. The Balaban J connectivity index is 1.69. The number of hydrogen-bond donors (Lipinski definition) is 3. The molecule has 1 fully saturated rings. The number of aliphatic hydroxyl groups is 1. The van der Waals surface area contributed by atoms with Crippen LogP contribution in [0.15, 0.2) is 54.7 Å². The van der Waals surface area contributed by atoms with E-state index in [0.29, 0.717) is 48.9 Å². The number of amides is 1. The lowest BCUT2D eigenvalue weighted by Gasteiger charge is -2.20. The lowest BCUT2D eigenvalue weighted by molar-refractivity contribution is -0.120. The molecule has 0 atom stereocenters. The average molecular weight is 429 g/mol. The molecule has 9 heteroatoms. The molecule has 0 bridgehead atoms. The van der Waals surface area contributed by atoms with Crippen LogP contribution in [0.25, 0.3) is 28.2 Å². The van der Waals surface area contributed by atoms with Crippen LogP contribution in [0.2, 0.25) is 0 Å². The van der Waals surface area contributed by atoms with E-state index in [-0.39, 0.29) is 12.5 Å². The molecule has 1 aromatic carbocycles. The van der Waals surface area contributed by atoms with Crippen molar-refractivity contribution in [3.63, 3.8) is 0 Å². The average Bonchev–Trinajstić information content (AvgIpc) is 3.05. The van der Waals surface area contributed by atoms with Gasteiger partial charge in [0.25, 0.3) is 0 Å². The van der Waals surface area contributed by atoms with Crippen molar-refractivity contribution < 1.29 is 9.90 Å². The first kappa shape index (κ1) is 20.0. The minimum absolute atomic E-state index is 0.0303. The van der Waals surface area contributed by atoms with Gasteiger partial charge in [0.05, 0.1) is 12.2 Å². The molecule has 3 aromatic heterocycles. The van der Waals surface area contributed by atoms with Crippen LogP contribution in [0.1, 0.15) is 12.0 Å². The van der Waals surface area contributed by atoms with Crippen molar-refractivity contribution in [2.24, 2.45) is 0 Å². The maximum Gasteiger partial charge on any atom is 0.221 e. The van der Waals surface area contributed by atoms with Crippen LogP contribution >= 0.6 is 0 Å². The Morgan fingerprint density at radius 2 is 1.91 bits per heavy atom. The third kappa shape index (κ3) is 3.63. The van der Waals surface area contributed by atoms with Gasteiger partial charge in [0, 0.05) is 37.9 Å². The molecule has 4 heterocycles. The fourth-order valence-corrected chi connectivity index (χ4v) is 3.90. The zero-order chi connectivity index (χ0) is 22.1. The largest absolute Gasteiger partial charge is 0.392 e. The number of fused-ring (bicyclic) bond motifs is 1. The molecule has 32 heavy (non-hydrogen) atoms. The van der Waals surface area contributed by atoms with Gasteiger partial charge in [0.1, 0.15) is 17.2 Å². The van der Waals surface area contributed by atoms with E-state index in [9.17, 15) is 9.90 Å². The van der Waals surface area contributed by atoms with E-state index in [1.807, 2.05) is 53.1 Å². The van der Waals surface area contributed by atoms with Crippen LogP contribution in [-0.2, 0) is 11.4 Å². The summed E-state index contributed by atoms with van der Waals surface area (Å²) in [6, 6.07) is 15.2. The Kier molecular flexibility index (Phi) is 5.16. The molecule has 1 aliphatic rings. The molecule has 0 aliphatic carbocycles. The molecule has 0 spiro atoms. The maximum atomic E-state index is 11.7. The SMILES string of the molecule is Nc1ncccc1-c1nc2ccc(N3CCNC(=O)CC3)nc2n1-c1ccc(CO)cc1. The molecule has 0 unspecified atom stereocenters. The van der Waals surface area contributed by atoms with Crippen LogP contribution in [0.3, 0.4) is 0 Å². The quantitative estimate of drug-likeness (QED) is 0.453. The number of aromatic nitrogens is 4. The topological polar surface area (TPSA) is 122 Å². The summed E-state index contributed by atoms with van der Waals surface area (Å²) in [6.07, 6.45) is 2.08. The van der Waals surface area contributed by atoms with E-state index in [4.69, 9.17) is 15.7 Å². The van der Waals surface area contributed by atoms with Gasteiger partial charge in [-0.3, -0.25) is 9.36 Å². The molecule has 0 saturated carbocycles. The predicted molar refractivity (Wildman–Crippen MR) is 122 cm³/mol. The van der Waals surface area contributed by atoms with Crippen molar-refractivity contribution in [3.8, 4) is 17.1 Å². The van der Waals surface area contributed by atoms with Crippen molar-refractivity contribution >= 4 is 28.7 Å². The summed E-state index contributed by atoms with van der Waals surface area (Å²) in [5.74, 6) is 1.86. The molecule has 1 amide bonds. The predicted octanol–water partition coefficient (Wildman–Crippen LogP) is 1.88. The Hall–Kier alpha value is -3.98. The molecule has 4 aromatic rings. The highest BCUT2D eigenvalue weighted by Gasteiger charge is 2.20. The first-order valence-electron chi connectivity index (χ1n) is 10.5. The molecule has 0 radical (unpaired) electrons. The Morgan fingerprint density at radius 3 is 2.69 bits per heavy atom. The number of nitrogens with one attached hydrogen (secondary N) is 1. The normalized spacial score (nSPS) is 14.4. The highest BCUT2D eigenvalue weighted by atomic mass is 16.3. The monoisotopic (exact) mass is 429 g/mol. The smallest absolute Gasteiger partial charge is 0.221 e. The minimum atomic E-state index is -0.0303. The molecule has 9 nitrogen and oxygen atoms in total. The second-order valence-corrected chi connectivity index (χ2v) is 7.63. The lowest BCUT2D eigenvalue weighted by Crippen LogP contribution is -2.29. The summed E-state index contributed by atoms with van der Waals surface area (Å²) in [5.41, 5.74) is 9.96. The summed E-state index contributed by atoms with van der Waals surface area (Å²) in [7, 11) is 0. The van der Waals surface area contributed by atoms with E-state index < -0.39 is 0 Å². The van der Waals surface area contributed by atoms with Crippen molar-refractivity contribution in [2.45, 2.75) is 13.0 Å². The van der Waals surface area contributed by atoms with E-state index in [1.165, 1.54) is 0 Å².